The highest BCUT2D eigenvalue weighted by molar-refractivity contribution is 5.62. The fourth-order valence-corrected chi connectivity index (χ4v) is 3.39. The first-order valence-electron chi connectivity index (χ1n) is 8.40. The summed E-state index contributed by atoms with van der Waals surface area (Å²) >= 11 is 0. The van der Waals surface area contributed by atoms with Gasteiger partial charge in [-0.1, -0.05) is 36.4 Å². The second-order valence-electron chi connectivity index (χ2n) is 6.36. The van der Waals surface area contributed by atoms with Crippen LogP contribution >= 0.6 is 0 Å². The van der Waals surface area contributed by atoms with E-state index in [4.69, 9.17) is 0 Å². The van der Waals surface area contributed by atoms with Crippen molar-refractivity contribution in [1.82, 2.24) is 5.32 Å². The SMILES string of the molecule is C[C](F)c1ccc(F)c(N2CCNCC2C)c1Cc1ccccc1. The lowest BCUT2D eigenvalue weighted by atomic mass is 9.94. The summed E-state index contributed by atoms with van der Waals surface area (Å²) in [6.07, 6.45) is 0.242. The Balaban J connectivity index is 2.10. The van der Waals surface area contributed by atoms with E-state index >= 15 is 0 Å². The molecule has 1 radical (unpaired) electrons. The molecule has 1 atom stereocenters. The van der Waals surface area contributed by atoms with Crippen LogP contribution in [0.1, 0.15) is 30.5 Å². The van der Waals surface area contributed by atoms with Gasteiger partial charge in [0.15, 0.2) is 6.17 Å². The number of hydrogen-bond acceptors (Lipinski definition) is 2. The van der Waals surface area contributed by atoms with Crippen LogP contribution in [0.4, 0.5) is 14.5 Å². The summed E-state index contributed by atoms with van der Waals surface area (Å²) in [6, 6.07) is 12.9. The molecule has 2 nitrogen and oxygen atoms in total. The molecule has 0 bridgehead atoms. The predicted octanol–water partition coefficient (Wildman–Crippen LogP) is 4.08. The third kappa shape index (κ3) is 3.44. The van der Waals surface area contributed by atoms with Crippen molar-refractivity contribution in [2.75, 3.05) is 24.5 Å². The van der Waals surface area contributed by atoms with E-state index in [1.54, 1.807) is 6.07 Å². The average Bonchev–Trinajstić information content (AvgIpc) is 2.57. The summed E-state index contributed by atoms with van der Waals surface area (Å²) < 4.78 is 28.9. The molecule has 1 heterocycles. The van der Waals surface area contributed by atoms with Crippen molar-refractivity contribution in [3.05, 3.63) is 71.1 Å². The minimum Gasteiger partial charge on any atom is -0.364 e. The molecule has 127 valence electrons. The van der Waals surface area contributed by atoms with Crippen LogP contribution in [0.3, 0.4) is 0 Å². The first kappa shape index (κ1) is 16.9. The molecule has 1 unspecified atom stereocenters. The van der Waals surface area contributed by atoms with Gasteiger partial charge in [-0.25, -0.2) is 8.78 Å². The molecule has 1 N–H and O–H groups in total. The Labute approximate surface area is 142 Å². The highest BCUT2D eigenvalue weighted by atomic mass is 19.1. The Morgan fingerprint density at radius 3 is 2.62 bits per heavy atom. The molecule has 4 heteroatoms. The zero-order valence-corrected chi connectivity index (χ0v) is 14.2. The summed E-state index contributed by atoms with van der Waals surface area (Å²) in [5, 5.41) is 3.32. The minimum atomic E-state index is -0.278. The fraction of sp³-hybridized carbons (Fsp3) is 0.350. The number of rotatable bonds is 4. The summed E-state index contributed by atoms with van der Waals surface area (Å²) in [5.41, 5.74) is 2.83. The highest BCUT2D eigenvalue weighted by Crippen LogP contribution is 2.35. The molecule has 1 saturated heterocycles. The standard InChI is InChI=1S/C20H23F2N2/c1-14-13-23-10-11-24(14)20-18(12-16-6-4-3-5-7-16)17(15(2)21)8-9-19(20)22/h3-9,14,23H,10-13H2,1-2H3. The summed E-state index contributed by atoms with van der Waals surface area (Å²) in [6.45, 7) is 5.82. The topological polar surface area (TPSA) is 15.3 Å². The van der Waals surface area contributed by atoms with E-state index in [1.165, 1.54) is 13.0 Å². The van der Waals surface area contributed by atoms with Gasteiger partial charge in [-0.3, -0.25) is 0 Å². The molecule has 1 aliphatic rings. The number of piperazine rings is 1. The zero-order valence-electron chi connectivity index (χ0n) is 14.2. The third-order valence-corrected chi connectivity index (χ3v) is 4.62. The van der Waals surface area contributed by atoms with Gasteiger partial charge in [0, 0.05) is 25.7 Å². The molecular formula is C20H23F2N2. The lowest BCUT2D eigenvalue weighted by Gasteiger charge is -2.38. The highest BCUT2D eigenvalue weighted by Gasteiger charge is 2.26. The largest absolute Gasteiger partial charge is 0.364 e. The summed E-state index contributed by atoms with van der Waals surface area (Å²) in [5.74, 6) is -0.278. The smallest absolute Gasteiger partial charge is 0.171 e. The first-order valence-corrected chi connectivity index (χ1v) is 8.40. The van der Waals surface area contributed by atoms with E-state index < -0.39 is 0 Å². The van der Waals surface area contributed by atoms with Crippen LogP contribution in [0.2, 0.25) is 0 Å². The maximum Gasteiger partial charge on any atom is 0.171 e. The summed E-state index contributed by atoms with van der Waals surface area (Å²) in [7, 11) is 0. The molecule has 0 saturated carbocycles. The number of nitrogens with zero attached hydrogens (tertiary/aromatic N) is 1. The Morgan fingerprint density at radius 2 is 1.96 bits per heavy atom. The van der Waals surface area contributed by atoms with E-state index in [9.17, 15) is 8.78 Å². The van der Waals surface area contributed by atoms with E-state index in [1.807, 2.05) is 30.3 Å². The lowest BCUT2D eigenvalue weighted by molar-refractivity contribution is 0.488. The number of halogens is 2. The normalized spacial score (nSPS) is 18.2. The second kappa shape index (κ2) is 7.31. The van der Waals surface area contributed by atoms with Gasteiger partial charge in [0.05, 0.1) is 5.69 Å². The fourth-order valence-electron chi connectivity index (χ4n) is 3.39. The molecule has 2 aromatic rings. The van der Waals surface area contributed by atoms with Crippen LogP contribution in [0, 0.1) is 12.0 Å². The number of hydrogen-bond donors (Lipinski definition) is 1. The maximum absolute atomic E-state index is 14.8. The van der Waals surface area contributed by atoms with Crippen molar-refractivity contribution in [1.29, 1.82) is 0 Å². The summed E-state index contributed by atoms with van der Waals surface area (Å²) in [4.78, 5) is 2.07. The quantitative estimate of drug-likeness (QED) is 0.909. The van der Waals surface area contributed by atoms with E-state index in [-0.39, 0.29) is 18.0 Å². The average molecular weight is 329 g/mol. The van der Waals surface area contributed by atoms with E-state index in [0.717, 1.165) is 24.2 Å². The van der Waals surface area contributed by atoms with Crippen LogP contribution in [0.25, 0.3) is 0 Å². The molecule has 24 heavy (non-hydrogen) atoms. The predicted molar refractivity (Wildman–Crippen MR) is 94.5 cm³/mol. The van der Waals surface area contributed by atoms with E-state index in [2.05, 4.69) is 17.1 Å². The third-order valence-electron chi connectivity index (χ3n) is 4.62. The lowest BCUT2D eigenvalue weighted by Crippen LogP contribution is -2.50. The van der Waals surface area contributed by atoms with Crippen LogP contribution in [-0.4, -0.2) is 25.7 Å². The van der Waals surface area contributed by atoms with Gasteiger partial charge in [-0.15, -0.1) is 0 Å². The number of benzene rings is 2. The molecule has 1 aliphatic heterocycles. The molecular weight excluding hydrogens is 306 g/mol. The number of anilines is 1. The zero-order chi connectivity index (χ0) is 17.1. The van der Waals surface area contributed by atoms with Gasteiger partial charge < -0.3 is 10.2 Å². The van der Waals surface area contributed by atoms with Crippen LogP contribution in [-0.2, 0) is 6.42 Å². The van der Waals surface area contributed by atoms with E-state index in [0.29, 0.717) is 24.2 Å². The minimum absolute atomic E-state index is 0.165. The molecule has 3 rings (SSSR count). The van der Waals surface area contributed by atoms with Gasteiger partial charge in [0.1, 0.15) is 5.82 Å². The Bertz CT molecular complexity index is 686. The first-order chi connectivity index (χ1) is 11.6. The van der Waals surface area contributed by atoms with Gasteiger partial charge in [-0.05, 0) is 43.0 Å². The van der Waals surface area contributed by atoms with Crippen molar-refractivity contribution in [3.8, 4) is 0 Å². The van der Waals surface area contributed by atoms with Crippen molar-refractivity contribution >= 4 is 5.69 Å². The molecule has 0 spiro atoms. The molecule has 0 aliphatic carbocycles. The van der Waals surface area contributed by atoms with Crippen molar-refractivity contribution < 1.29 is 8.78 Å². The Kier molecular flexibility index (Phi) is 5.14. The van der Waals surface area contributed by atoms with Gasteiger partial charge in [-0.2, -0.15) is 0 Å². The number of nitrogens with one attached hydrogen (secondary N) is 1. The van der Waals surface area contributed by atoms with Crippen molar-refractivity contribution in [3.63, 3.8) is 0 Å². The van der Waals surface area contributed by atoms with Crippen LogP contribution < -0.4 is 10.2 Å². The molecule has 1 fully saturated rings. The van der Waals surface area contributed by atoms with Crippen LogP contribution in [0.15, 0.2) is 42.5 Å². The van der Waals surface area contributed by atoms with Crippen molar-refractivity contribution in [2.24, 2.45) is 0 Å². The Morgan fingerprint density at radius 1 is 1.21 bits per heavy atom. The monoisotopic (exact) mass is 329 g/mol. The Hall–Kier alpha value is -1.94. The van der Waals surface area contributed by atoms with Crippen molar-refractivity contribution in [2.45, 2.75) is 26.3 Å². The second-order valence-corrected chi connectivity index (χ2v) is 6.36. The maximum atomic E-state index is 14.8. The van der Waals surface area contributed by atoms with Gasteiger partial charge in [0.25, 0.3) is 0 Å². The van der Waals surface area contributed by atoms with Gasteiger partial charge >= 0.3 is 0 Å². The molecule has 0 amide bonds. The van der Waals surface area contributed by atoms with Crippen LogP contribution in [0.5, 0.6) is 0 Å². The van der Waals surface area contributed by atoms with Gasteiger partial charge in [0.2, 0.25) is 0 Å². The molecule has 0 aromatic heterocycles. The molecule has 2 aromatic carbocycles.